The van der Waals surface area contributed by atoms with E-state index in [1.165, 1.54) is 6.42 Å². The summed E-state index contributed by atoms with van der Waals surface area (Å²) in [5.41, 5.74) is 0.530. The van der Waals surface area contributed by atoms with Crippen molar-refractivity contribution in [2.24, 2.45) is 0 Å². The van der Waals surface area contributed by atoms with E-state index in [1.54, 1.807) is 31.4 Å². The standard InChI is InChI=1S/C18H24N2O5/c1-23-14-7-5-13(6-8-14)20-17(22)16(21)19-11-15-12-24-18(25-15)9-3-2-4-10-18/h5-8,15H,2-4,9-12H2,1H3,(H,19,21)(H,20,22)/t15-/m1/s1. The Bertz CT molecular complexity index is 610. The molecule has 1 aliphatic heterocycles. The van der Waals surface area contributed by atoms with Gasteiger partial charge in [-0.25, -0.2) is 0 Å². The summed E-state index contributed by atoms with van der Waals surface area (Å²) in [5.74, 6) is -1.20. The fourth-order valence-electron chi connectivity index (χ4n) is 3.22. The first-order chi connectivity index (χ1) is 12.1. The highest BCUT2D eigenvalue weighted by Crippen LogP contribution is 2.37. The highest BCUT2D eigenvalue weighted by molar-refractivity contribution is 6.39. The lowest BCUT2D eigenvalue weighted by atomic mass is 9.94. The first-order valence-corrected chi connectivity index (χ1v) is 8.65. The van der Waals surface area contributed by atoms with Gasteiger partial charge in [0.25, 0.3) is 0 Å². The van der Waals surface area contributed by atoms with Crippen LogP contribution in [0.15, 0.2) is 24.3 Å². The minimum Gasteiger partial charge on any atom is -0.497 e. The zero-order valence-electron chi connectivity index (χ0n) is 14.4. The van der Waals surface area contributed by atoms with E-state index >= 15 is 0 Å². The van der Waals surface area contributed by atoms with Crippen LogP contribution >= 0.6 is 0 Å². The van der Waals surface area contributed by atoms with E-state index in [9.17, 15) is 9.59 Å². The molecule has 1 heterocycles. The molecular formula is C18H24N2O5. The maximum Gasteiger partial charge on any atom is 0.313 e. The summed E-state index contributed by atoms with van der Waals surface area (Å²) in [6, 6.07) is 6.76. The Labute approximate surface area is 147 Å². The van der Waals surface area contributed by atoms with Gasteiger partial charge >= 0.3 is 11.8 Å². The first-order valence-electron chi connectivity index (χ1n) is 8.65. The average molecular weight is 348 g/mol. The van der Waals surface area contributed by atoms with Gasteiger partial charge in [-0.05, 0) is 37.1 Å². The molecule has 2 N–H and O–H groups in total. The van der Waals surface area contributed by atoms with Crippen molar-refractivity contribution in [2.45, 2.75) is 44.0 Å². The topological polar surface area (TPSA) is 85.9 Å². The largest absolute Gasteiger partial charge is 0.497 e. The maximum absolute atomic E-state index is 12.0. The number of rotatable bonds is 4. The van der Waals surface area contributed by atoms with Gasteiger partial charge in [-0.1, -0.05) is 6.42 Å². The van der Waals surface area contributed by atoms with Crippen molar-refractivity contribution in [1.29, 1.82) is 0 Å². The summed E-state index contributed by atoms with van der Waals surface area (Å²) in [6.45, 7) is 0.705. The average Bonchev–Trinajstić information content (AvgIpc) is 3.03. The van der Waals surface area contributed by atoms with Gasteiger partial charge in [0.2, 0.25) is 0 Å². The van der Waals surface area contributed by atoms with Gasteiger partial charge in [-0.15, -0.1) is 0 Å². The third-order valence-corrected chi connectivity index (χ3v) is 4.57. The SMILES string of the molecule is COc1ccc(NC(=O)C(=O)NC[C@@H]2COC3(CCCCC3)O2)cc1. The quantitative estimate of drug-likeness (QED) is 0.811. The lowest BCUT2D eigenvalue weighted by Gasteiger charge is -2.31. The van der Waals surface area contributed by atoms with Crippen molar-refractivity contribution in [3.63, 3.8) is 0 Å². The van der Waals surface area contributed by atoms with Crippen molar-refractivity contribution in [2.75, 3.05) is 25.6 Å². The molecule has 136 valence electrons. The Morgan fingerprint density at radius 1 is 1.16 bits per heavy atom. The highest BCUT2D eigenvalue weighted by Gasteiger charge is 2.42. The zero-order valence-corrected chi connectivity index (χ0v) is 14.4. The molecule has 2 amide bonds. The number of hydrogen-bond donors (Lipinski definition) is 2. The lowest BCUT2D eigenvalue weighted by Crippen LogP contribution is -2.41. The van der Waals surface area contributed by atoms with E-state index in [0.29, 0.717) is 18.0 Å². The summed E-state index contributed by atoms with van der Waals surface area (Å²) in [6.07, 6.45) is 5.00. The van der Waals surface area contributed by atoms with Gasteiger partial charge < -0.3 is 24.8 Å². The number of amides is 2. The van der Waals surface area contributed by atoms with Crippen molar-refractivity contribution >= 4 is 17.5 Å². The summed E-state index contributed by atoms with van der Waals surface area (Å²) in [7, 11) is 1.56. The van der Waals surface area contributed by atoms with E-state index in [4.69, 9.17) is 14.2 Å². The molecule has 0 unspecified atom stereocenters. The molecule has 1 saturated carbocycles. The third kappa shape index (κ3) is 4.49. The zero-order chi connectivity index (χ0) is 17.7. The number of ether oxygens (including phenoxy) is 3. The second kappa shape index (κ2) is 7.84. The third-order valence-electron chi connectivity index (χ3n) is 4.57. The molecule has 25 heavy (non-hydrogen) atoms. The predicted molar refractivity (Wildman–Crippen MR) is 91.3 cm³/mol. The second-order valence-electron chi connectivity index (χ2n) is 6.41. The molecule has 0 bridgehead atoms. The molecule has 3 rings (SSSR count). The minimum atomic E-state index is -0.712. The molecule has 2 aliphatic rings. The molecule has 1 saturated heterocycles. The van der Waals surface area contributed by atoms with Gasteiger partial charge in [0.15, 0.2) is 5.79 Å². The van der Waals surface area contributed by atoms with Crippen LogP contribution in [-0.2, 0) is 19.1 Å². The number of carbonyl (C=O) groups is 2. The Morgan fingerprint density at radius 3 is 2.56 bits per heavy atom. The minimum absolute atomic E-state index is 0.212. The Balaban J connectivity index is 1.43. The van der Waals surface area contributed by atoms with Crippen molar-refractivity contribution in [1.82, 2.24) is 5.32 Å². The fourth-order valence-corrected chi connectivity index (χ4v) is 3.22. The van der Waals surface area contributed by atoms with E-state index in [-0.39, 0.29) is 12.6 Å². The molecule has 1 atom stereocenters. The Morgan fingerprint density at radius 2 is 1.88 bits per heavy atom. The number of hydrogen-bond acceptors (Lipinski definition) is 5. The summed E-state index contributed by atoms with van der Waals surface area (Å²) in [5, 5.41) is 5.16. The summed E-state index contributed by atoms with van der Waals surface area (Å²) < 4.78 is 16.8. The van der Waals surface area contributed by atoms with Gasteiger partial charge in [0, 0.05) is 25.1 Å². The molecule has 1 aliphatic carbocycles. The van der Waals surface area contributed by atoms with Crippen LogP contribution in [0.4, 0.5) is 5.69 Å². The van der Waals surface area contributed by atoms with Gasteiger partial charge in [0.05, 0.1) is 13.7 Å². The van der Waals surface area contributed by atoms with E-state index in [2.05, 4.69) is 10.6 Å². The van der Waals surface area contributed by atoms with Crippen LogP contribution in [0.3, 0.4) is 0 Å². The molecule has 1 aromatic carbocycles. The number of methoxy groups -OCH3 is 1. The number of carbonyl (C=O) groups excluding carboxylic acids is 2. The number of anilines is 1. The van der Waals surface area contributed by atoms with Crippen LogP contribution in [0.25, 0.3) is 0 Å². The molecule has 7 nitrogen and oxygen atoms in total. The highest BCUT2D eigenvalue weighted by atomic mass is 16.7. The van der Waals surface area contributed by atoms with E-state index in [0.717, 1.165) is 25.7 Å². The normalized spacial score (nSPS) is 21.7. The first kappa shape index (κ1) is 17.7. The van der Waals surface area contributed by atoms with Gasteiger partial charge in [0.1, 0.15) is 11.9 Å². The monoisotopic (exact) mass is 348 g/mol. The molecule has 1 spiro atoms. The van der Waals surface area contributed by atoms with Crippen molar-refractivity contribution < 1.29 is 23.8 Å². The smallest absolute Gasteiger partial charge is 0.313 e. The molecule has 0 radical (unpaired) electrons. The molecule has 7 heteroatoms. The van der Waals surface area contributed by atoms with Crippen molar-refractivity contribution in [3.8, 4) is 5.75 Å². The van der Waals surface area contributed by atoms with Crippen LogP contribution < -0.4 is 15.4 Å². The fraction of sp³-hybridized carbons (Fsp3) is 0.556. The molecule has 1 aromatic rings. The van der Waals surface area contributed by atoms with Gasteiger partial charge in [-0.3, -0.25) is 9.59 Å². The van der Waals surface area contributed by atoms with E-state index in [1.807, 2.05) is 0 Å². The van der Waals surface area contributed by atoms with Gasteiger partial charge in [-0.2, -0.15) is 0 Å². The summed E-state index contributed by atoms with van der Waals surface area (Å²) >= 11 is 0. The van der Waals surface area contributed by atoms with E-state index < -0.39 is 17.6 Å². The molecular weight excluding hydrogens is 324 g/mol. The van der Waals surface area contributed by atoms with Crippen LogP contribution in [0.5, 0.6) is 5.75 Å². The predicted octanol–water partition coefficient (Wildman–Crippen LogP) is 1.83. The van der Waals surface area contributed by atoms with Crippen LogP contribution in [0, 0.1) is 0 Å². The second-order valence-corrected chi connectivity index (χ2v) is 6.41. The number of nitrogens with one attached hydrogen (secondary N) is 2. The Hall–Kier alpha value is -2.12. The van der Waals surface area contributed by atoms with Crippen LogP contribution in [0.2, 0.25) is 0 Å². The van der Waals surface area contributed by atoms with Crippen molar-refractivity contribution in [3.05, 3.63) is 24.3 Å². The lowest BCUT2D eigenvalue weighted by molar-refractivity contribution is -0.186. The molecule has 0 aromatic heterocycles. The van der Waals surface area contributed by atoms with Crippen LogP contribution in [-0.4, -0.2) is 44.0 Å². The molecule has 2 fully saturated rings. The maximum atomic E-state index is 12.0. The summed E-state index contributed by atoms with van der Waals surface area (Å²) in [4.78, 5) is 23.9. The number of benzene rings is 1. The Kier molecular flexibility index (Phi) is 5.55. The van der Waals surface area contributed by atoms with Crippen LogP contribution in [0.1, 0.15) is 32.1 Å².